The molecule has 1 unspecified atom stereocenters. The van der Waals surface area contributed by atoms with Crippen molar-refractivity contribution in [1.29, 1.82) is 0 Å². The Labute approximate surface area is 174 Å². The highest BCUT2D eigenvalue weighted by molar-refractivity contribution is 5.72. The first kappa shape index (κ1) is 20.9. The molecule has 0 radical (unpaired) electrons. The predicted octanol–water partition coefficient (Wildman–Crippen LogP) is 4.85. The quantitative estimate of drug-likeness (QED) is 0.435. The van der Waals surface area contributed by atoms with Gasteiger partial charge in [-0.15, -0.1) is 0 Å². The summed E-state index contributed by atoms with van der Waals surface area (Å²) in [6.45, 7) is 1.83. The summed E-state index contributed by atoms with van der Waals surface area (Å²) >= 11 is 0. The summed E-state index contributed by atoms with van der Waals surface area (Å²) in [4.78, 5) is 0. The maximum absolute atomic E-state index is 10.6. The Bertz CT molecular complexity index is 1020. The molecule has 0 bridgehead atoms. The van der Waals surface area contributed by atoms with E-state index >= 15 is 0 Å². The van der Waals surface area contributed by atoms with Gasteiger partial charge in [0.15, 0.2) is 11.5 Å². The average Bonchev–Trinajstić information content (AvgIpc) is 2.73. The van der Waals surface area contributed by atoms with Crippen LogP contribution in [0.4, 0.5) is 0 Å². The minimum atomic E-state index is -0.400. The van der Waals surface area contributed by atoms with Crippen LogP contribution >= 0.6 is 0 Å². The van der Waals surface area contributed by atoms with E-state index in [4.69, 9.17) is 9.47 Å². The van der Waals surface area contributed by atoms with Gasteiger partial charge < -0.3 is 29.9 Å². The molecule has 6 nitrogen and oxygen atoms in total. The van der Waals surface area contributed by atoms with Crippen LogP contribution in [-0.2, 0) is 0 Å². The minimum absolute atomic E-state index is 0.0566. The number of hydrogen-bond acceptors (Lipinski definition) is 6. The molecule has 0 aromatic heterocycles. The molecule has 0 aliphatic rings. The molecule has 4 N–H and O–H groups in total. The van der Waals surface area contributed by atoms with Crippen LogP contribution in [0.25, 0.3) is 12.2 Å². The van der Waals surface area contributed by atoms with Crippen LogP contribution < -0.4 is 9.47 Å². The lowest BCUT2D eigenvalue weighted by molar-refractivity contribution is 0.339. The molecule has 0 spiro atoms. The van der Waals surface area contributed by atoms with Gasteiger partial charge in [0, 0.05) is 11.5 Å². The van der Waals surface area contributed by atoms with E-state index in [1.54, 1.807) is 54.6 Å². The largest absolute Gasteiger partial charge is 0.508 e. The third-order valence-electron chi connectivity index (χ3n) is 4.96. The van der Waals surface area contributed by atoms with Gasteiger partial charge in [-0.05, 0) is 53.1 Å². The Balaban J connectivity index is 1.94. The van der Waals surface area contributed by atoms with Crippen LogP contribution in [0.2, 0.25) is 0 Å². The molecule has 3 aromatic carbocycles. The van der Waals surface area contributed by atoms with Gasteiger partial charge in [-0.3, -0.25) is 0 Å². The number of phenolic OH excluding ortho intramolecular Hbond substituents is 4. The van der Waals surface area contributed by atoms with Crippen molar-refractivity contribution >= 4 is 12.2 Å². The SMILES string of the molecule is COc1cc(C(C)c2c(O)cc(/C=C/c3ccc(O)cc3)cc2O)cc(OC)c1O. The second-order valence-electron chi connectivity index (χ2n) is 6.89. The van der Waals surface area contributed by atoms with Crippen LogP contribution in [0.1, 0.15) is 35.1 Å². The van der Waals surface area contributed by atoms with Crippen LogP contribution in [-0.4, -0.2) is 34.6 Å². The Hall–Kier alpha value is -3.80. The number of benzene rings is 3. The number of hydrogen-bond donors (Lipinski definition) is 4. The van der Waals surface area contributed by atoms with Gasteiger partial charge in [0.1, 0.15) is 17.2 Å². The summed E-state index contributed by atoms with van der Waals surface area (Å²) in [6.07, 6.45) is 3.57. The normalized spacial score (nSPS) is 12.1. The highest BCUT2D eigenvalue weighted by Crippen LogP contribution is 2.44. The Morgan fingerprint density at radius 3 is 1.73 bits per heavy atom. The molecule has 3 rings (SSSR count). The number of aromatic hydroxyl groups is 4. The Morgan fingerprint density at radius 2 is 1.23 bits per heavy atom. The number of phenols is 4. The summed E-state index contributed by atoms with van der Waals surface area (Å²) < 4.78 is 10.4. The maximum Gasteiger partial charge on any atom is 0.200 e. The fourth-order valence-corrected chi connectivity index (χ4v) is 3.29. The van der Waals surface area contributed by atoms with Gasteiger partial charge in [-0.25, -0.2) is 0 Å². The van der Waals surface area contributed by atoms with E-state index in [2.05, 4.69) is 0 Å². The van der Waals surface area contributed by atoms with E-state index in [0.29, 0.717) is 16.7 Å². The molecule has 0 saturated carbocycles. The second-order valence-corrected chi connectivity index (χ2v) is 6.89. The summed E-state index contributed by atoms with van der Waals surface area (Å²) in [6, 6.07) is 13.1. The molecule has 0 fully saturated rings. The maximum atomic E-state index is 10.6. The lowest BCUT2D eigenvalue weighted by Crippen LogP contribution is -2.00. The van der Waals surface area contributed by atoms with Crippen LogP contribution in [0.5, 0.6) is 34.5 Å². The van der Waals surface area contributed by atoms with Gasteiger partial charge in [0.2, 0.25) is 5.75 Å². The van der Waals surface area contributed by atoms with Crippen molar-refractivity contribution in [2.24, 2.45) is 0 Å². The zero-order chi connectivity index (χ0) is 21.8. The van der Waals surface area contributed by atoms with E-state index in [1.165, 1.54) is 14.2 Å². The van der Waals surface area contributed by atoms with E-state index in [-0.39, 0.29) is 34.5 Å². The second kappa shape index (κ2) is 8.69. The molecule has 0 amide bonds. The van der Waals surface area contributed by atoms with Crippen LogP contribution in [0.15, 0.2) is 48.5 Å². The molecule has 6 heteroatoms. The van der Waals surface area contributed by atoms with E-state index in [9.17, 15) is 20.4 Å². The topological polar surface area (TPSA) is 99.4 Å². The predicted molar refractivity (Wildman–Crippen MR) is 116 cm³/mol. The lowest BCUT2D eigenvalue weighted by Gasteiger charge is -2.19. The minimum Gasteiger partial charge on any atom is -0.508 e. The Morgan fingerprint density at radius 1 is 0.733 bits per heavy atom. The molecule has 0 aliphatic heterocycles. The molecule has 156 valence electrons. The van der Waals surface area contributed by atoms with Crippen molar-refractivity contribution in [3.8, 4) is 34.5 Å². The number of ether oxygens (including phenoxy) is 2. The van der Waals surface area contributed by atoms with Crippen molar-refractivity contribution in [2.75, 3.05) is 14.2 Å². The number of methoxy groups -OCH3 is 2. The molecule has 0 aliphatic carbocycles. The standard InChI is InChI=1S/C24H24O6/c1-14(17-12-21(29-2)24(28)22(13-17)30-3)23-19(26)10-16(11-20(23)27)5-4-15-6-8-18(25)9-7-15/h4-14,25-28H,1-3H3/b5-4+. The lowest BCUT2D eigenvalue weighted by atomic mass is 9.90. The van der Waals surface area contributed by atoms with Crippen molar-refractivity contribution < 1.29 is 29.9 Å². The molecular formula is C24H24O6. The summed E-state index contributed by atoms with van der Waals surface area (Å²) in [7, 11) is 2.88. The third kappa shape index (κ3) is 4.27. The molecule has 0 saturated heterocycles. The Kier molecular flexibility index (Phi) is 6.06. The van der Waals surface area contributed by atoms with Crippen molar-refractivity contribution in [3.05, 3.63) is 70.8 Å². The van der Waals surface area contributed by atoms with Crippen molar-refractivity contribution in [1.82, 2.24) is 0 Å². The smallest absolute Gasteiger partial charge is 0.200 e. The van der Waals surface area contributed by atoms with Gasteiger partial charge in [-0.2, -0.15) is 0 Å². The molecule has 30 heavy (non-hydrogen) atoms. The fourth-order valence-electron chi connectivity index (χ4n) is 3.29. The summed E-state index contributed by atoms with van der Waals surface area (Å²) in [5.74, 6) is 0.0379. The molecule has 1 atom stereocenters. The molecule has 3 aromatic rings. The average molecular weight is 408 g/mol. The number of rotatable bonds is 6. The van der Waals surface area contributed by atoms with Crippen LogP contribution in [0, 0.1) is 0 Å². The van der Waals surface area contributed by atoms with E-state index in [0.717, 1.165) is 5.56 Å². The van der Waals surface area contributed by atoms with Crippen LogP contribution in [0.3, 0.4) is 0 Å². The van der Waals surface area contributed by atoms with Crippen molar-refractivity contribution in [2.45, 2.75) is 12.8 Å². The summed E-state index contributed by atoms with van der Waals surface area (Å²) in [5, 5.41) is 40.7. The summed E-state index contributed by atoms with van der Waals surface area (Å²) in [5.41, 5.74) is 2.54. The molecular weight excluding hydrogens is 384 g/mol. The fraction of sp³-hybridized carbons (Fsp3) is 0.167. The first-order valence-electron chi connectivity index (χ1n) is 9.32. The zero-order valence-electron chi connectivity index (χ0n) is 17.0. The van der Waals surface area contributed by atoms with Gasteiger partial charge >= 0.3 is 0 Å². The zero-order valence-corrected chi connectivity index (χ0v) is 17.0. The first-order chi connectivity index (χ1) is 14.3. The highest BCUT2D eigenvalue weighted by atomic mass is 16.5. The monoisotopic (exact) mass is 408 g/mol. The van der Waals surface area contributed by atoms with Gasteiger partial charge in [0.25, 0.3) is 0 Å². The first-order valence-corrected chi connectivity index (χ1v) is 9.32. The third-order valence-corrected chi connectivity index (χ3v) is 4.96. The van der Waals surface area contributed by atoms with Gasteiger partial charge in [-0.1, -0.05) is 31.2 Å². The molecule has 0 heterocycles. The highest BCUT2D eigenvalue weighted by Gasteiger charge is 2.21. The van der Waals surface area contributed by atoms with Gasteiger partial charge in [0.05, 0.1) is 14.2 Å². The van der Waals surface area contributed by atoms with E-state index < -0.39 is 5.92 Å². The van der Waals surface area contributed by atoms with Crippen molar-refractivity contribution in [3.63, 3.8) is 0 Å². The van der Waals surface area contributed by atoms with E-state index in [1.807, 2.05) is 13.0 Å².